The molecule has 9 nitrogen and oxygen atoms in total. The average Bonchev–Trinajstić information content (AvgIpc) is 3.08. The van der Waals surface area contributed by atoms with Crippen molar-refractivity contribution in [3.8, 4) is 0 Å². The Morgan fingerprint density at radius 2 is 1.97 bits per heavy atom. The van der Waals surface area contributed by atoms with E-state index >= 15 is 0 Å². The minimum absolute atomic E-state index is 0.0350. The number of benzene rings is 2. The van der Waals surface area contributed by atoms with Gasteiger partial charge in [0.1, 0.15) is 0 Å². The molecule has 168 valence electrons. The second-order valence-corrected chi connectivity index (χ2v) is 9.79. The summed E-state index contributed by atoms with van der Waals surface area (Å²) in [6.07, 6.45) is 3.94. The predicted molar refractivity (Wildman–Crippen MR) is 122 cm³/mol. The van der Waals surface area contributed by atoms with Gasteiger partial charge in [0.15, 0.2) is 14.6 Å². The molecular formula is C21H21N3O6S2. The molecule has 2 aromatic carbocycles. The molecule has 0 aliphatic carbocycles. The van der Waals surface area contributed by atoms with Crippen LogP contribution >= 0.6 is 11.3 Å². The number of ether oxygens (including phenoxy) is 1. The fourth-order valence-electron chi connectivity index (χ4n) is 2.89. The van der Waals surface area contributed by atoms with Gasteiger partial charge in [-0.05, 0) is 48.9 Å². The summed E-state index contributed by atoms with van der Waals surface area (Å²) in [4.78, 5) is 27.5. The summed E-state index contributed by atoms with van der Waals surface area (Å²) >= 11 is 1.21. The molecule has 0 bridgehead atoms. The first-order valence-corrected chi connectivity index (χ1v) is 12.3. The summed E-state index contributed by atoms with van der Waals surface area (Å²) in [6.45, 7) is 3.29. The van der Waals surface area contributed by atoms with Crippen molar-refractivity contribution in [2.45, 2.75) is 18.4 Å². The molecule has 3 rings (SSSR count). The summed E-state index contributed by atoms with van der Waals surface area (Å²) in [7, 11) is -3.37. The zero-order chi connectivity index (χ0) is 23.3. The maximum atomic E-state index is 12.5. The van der Waals surface area contributed by atoms with E-state index in [1.807, 2.05) is 11.5 Å². The minimum atomic E-state index is -3.37. The number of hydrogen-bond donors (Lipinski definition) is 0. The van der Waals surface area contributed by atoms with Gasteiger partial charge in [-0.2, -0.15) is 4.99 Å². The lowest BCUT2D eigenvalue weighted by atomic mass is 10.2. The monoisotopic (exact) mass is 475 g/mol. The first kappa shape index (κ1) is 23.5. The highest BCUT2D eigenvalue weighted by molar-refractivity contribution is 7.90. The molecule has 0 atom stereocenters. The van der Waals surface area contributed by atoms with E-state index in [2.05, 4.69) is 4.99 Å². The predicted octanol–water partition coefficient (Wildman–Crippen LogP) is 3.19. The van der Waals surface area contributed by atoms with Crippen LogP contribution in [-0.2, 0) is 25.9 Å². The number of nitro benzene ring substituents is 1. The van der Waals surface area contributed by atoms with Crippen LogP contribution in [0.5, 0.6) is 0 Å². The lowest BCUT2D eigenvalue weighted by Crippen LogP contribution is -2.19. The van der Waals surface area contributed by atoms with E-state index in [0.29, 0.717) is 34.8 Å². The summed E-state index contributed by atoms with van der Waals surface area (Å²) < 4.78 is 31.7. The second kappa shape index (κ2) is 9.98. The number of hydrogen-bond acceptors (Lipinski definition) is 7. The van der Waals surface area contributed by atoms with E-state index in [0.717, 1.165) is 11.8 Å². The number of thiazole rings is 1. The lowest BCUT2D eigenvalue weighted by molar-refractivity contribution is -0.384. The van der Waals surface area contributed by atoms with Crippen LogP contribution in [0.3, 0.4) is 0 Å². The molecule has 1 aromatic heterocycles. The Morgan fingerprint density at radius 1 is 1.25 bits per heavy atom. The van der Waals surface area contributed by atoms with Gasteiger partial charge in [0.25, 0.3) is 11.6 Å². The third-order valence-corrected chi connectivity index (χ3v) is 6.63. The summed E-state index contributed by atoms with van der Waals surface area (Å²) in [5.74, 6) is -0.511. The second-order valence-electron chi connectivity index (χ2n) is 6.77. The zero-order valence-electron chi connectivity index (χ0n) is 17.4. The van der Waals surface area contributed by atoms with Gasteiger partial charge < -0.3 is 9.30 Å². The van der Waals surface area contributed by atoms with E-state index in [4.69, 9.17) is 4.74 Å². The Morgan fingerprint density at radius 3 is 2.59 bits per heavy atom. The van der Waals surface area contributed by atoms with Crippen molar-refractivity contribution in [1.29, 1.82) is 0 Å². The fraction of sp³-hybridized carbons (Fsp3) is 0.238. The maximum Gasteiger partial charge on any atom is 0.272 e. The highest BCUT2D eigenvalue weighted by atomic mass is 32.2. The molecule has 32 heavy (non-hydrogen) atoms. The summed E-state index contributed by atoms with van der Waals surface area (Å²) in [6, 6.07) is 10.6. The molecule has 11 heteroatoms. The molecule has 0 radical (unpaired) electrons. The molecule has 0 aliphatic rings. The third kappa shape index (κ3) is 5.75. The number of aromatic nitrogens is 1. The van der Waals surface area contributed by atoms with Gasteiger partial charge in [-0.15, -0.1) is 0 Å². The van der Waals surface area contributed by atoms with E-state index < -0.39 is 20.7 Å². The molecule has 0 fully saturated rings. The number of nitro groups is 1. The van der Waals surface area contributed by atoms with Crippen LogP contribution in [0.1, 0.15) is 12.5 Å². The number of amides is 1. The van der Waals surface area contributed by atoms with Gasteiger partial charge in [-0.1, -0.05) is 11.3 Å². The highest BCUT2D eigenvalue weighted by Crippen LogP contribution is 2.22. The number of sulfone groups is 1. The average molecular weight is 476 g/mol. The molecule has 0 unspecified atom stereocenters. The molecule has 0 saturated heterocycles. The van der Waals surface area contributed by atoms with Gasteiger partial charge >= 0.3 is 0 Å². The summed E-state index contributed by atoms with van der Waals surface area (Å²) in [5, 5.41) is 10.7. The molecule has 0 N–H and O–H groups in total. The Kier molecular flexibility index (Phi) is 7.33. The lowest BCUT2D eigenvalue weighted by Gasteiger charge is -2.05. The van der Waals surface area contributed by atoms with Gasteiger partial charge in [0.2, 0.25) is 0 Å². The number of fused-ring (bicyclic) bond motifs is 1. The van der Waals surface area contributed by atoms with Crippen LogP contribution in [0.15, 0.2) is 58.4 Å². The number of rotatable bonds is 8. The number of carbonyl (C=O) groups excluding carboxylic acids is 1. The van der Waals surface area contributed by atoms with Gasteiger partial charge in [-0.25, -0.2) is 8.42 Å². The van der Waals surface area contributed by atoms with Crippen LogP contribution in [-0.4, -0.2) is 43.3 Å². The van der Waals surface area contributed by atoms with Crippen molar-refractivity contribution in [1.82, 2.24) is 4.57 Å². The Hall–Kier alpha value is -3.15. The number of nitrogens with zero attached hydrogens (tertiary/aromatic N) is 3. The van der Waals surface area contributed by atoms with Crippen LogP contribution < -0.4 is 4.80 Å². The molecule has 0 aliphatic heterocycles. The van der Waals surface area contributed by atoms with Crippen molar-refractivity contribution in [3.63, 3.8) is 0 Å². The number of non-ortho nitro benzene ring substituents is 1. The highest BCUT2D eigenvalue weighted by Gasteiger charge is 2.12. The van der Waals surface area contributed by atoms with E-state index in [1.165, 1.54) is 53.8 Å². The molecule has 1 heterocycles. The molecule has 0 saturated carbocycles. The van der Waals surface area contributed by atoms with Gasteiger partial charge in [-0.3, -0.25) is 14.9 Å². The van der Waals surface area contributed by atoms with Crippen molar-refractivity contribution in [2.24, 2.45) is 4.99 Å². The normalized spacial score (nSPS) is 12.6. The van der Waals surface area contributed by atoms with Crippen LogP contribution in [0.25, 0.3) is 16.3 Å². The minimum Gasteiger partial charge on any atom is -0.380 e. The Bertz CT molecular complexity index is 1350. The largest absolute Gasteiger partial charge is 0.380 e. The smallest absolute Gasteiger partial charge is 0.272 e. The molecular weight excluding hydrogens is 454 g/mol. The Balaban J connectivity index is 1.95. The van der Waals surface area contributed by atoms with E-state index in [9.17, 15) is 23.3 Å². The maximum absolute atomic E-state index is 12.5. The first-order chi connectivity index (χ1) is 15.2. The molecule has 3 aromatic rings. The molecule has 1 amide bonds. The zero-order valence-corrected chi connectivity index (χ0v) is 19.1. The van der Waals surface area contributed by atoms with Crippen molar-refractivity contribution < 1.29 is 22.9 Å². The third-order valence-electron chi connectivity index (χ3n) is 4.47. The fourth-order valence-corrected chi connectivity index (χ4v) is 4.71. The topological polar surface area (TPSA) is 121 Å². The first-order valence-electron chi connectivity index (χ1n) is 9.61. The van der Waals surface area contributed by atoms with Gasteiger partial charge in [0, 0.05) is 37.6 Å². The standard InChI is InChI=1S/C21H21N3O6S2/c1-3-30-13-12-23-18-10-9-17(32(2,28)29)14-19(18)31-21(23)22-20(25)11-6-15-4-7-16(8-5-15)24(26)27/h4-11,14H,3,12-13H2,1-2H3. The Labute approximate surface area is 188 Å². The van der Waals surface area contributed by atoms with E-state index in [-0.39, 0.29) is 10.6 Å². The van der Waals surface area contributed by atoms with E-state index in [1.54, 1.807) is 12.1 Å². The van der Waals surface area contributed by atoms with Crippen molar-refractivity contribution in [3.05, 3.63) is 69.0 Å². The SMILES string of the molecule is CCOCCn1c(=NC(=O)C=Cc2ccc([N+](=O)[O-])cc2)sc2cc(S(C)(=O)=O)ccc21. The van der Waals surface area contributed by atoms with Crippen molar-refractivity contribution >= 4 is 49.1 Å². The quantitative estimate of drug-likeness (QED) is 0.213. The van der Waals surface area contributed by atoms with Crippen LogP contribution in [0.2, 0.25) is 0 Å². The van der Waals surface area contributed by atoms with Crippen molar-refractivity contribution in [2.75, 3.05) is 19.5 Å². The number of carbonyl (C=O) groups is 1. The summed E-state index contributed by atoms with van der Waals surface area (Å²) in [5.41, 5.74) is 1.35. The van der Waals surface area contributed by atoms with Crippen LogP contribution in [0, 0.1) is 10.1 Å². The van der Waals surface area contributed by atoms with Crippen LogP contribution in [0.4, 0.5) is 5.69 Å². The van der Waals surface area contributed by atoms with Gasteiger partial charge in [0.05, 0.1) is 26.6 Å². The molecule has 0 spiro atoms.